The molecule has 1 N–H and O–H groups in total. The molecule has 5 rings (SSSR count). The van der Waals surface area contributed by atoms with E-state index >= 15 is 0 Å². The highest BCUT2D eigenvalue weighted by Gasteiger charge is 2.19. The first-order valence-electron chi connectivity index (χ1n) is 14.0. The van der Waals surface area contributed by atoms with Crippen LogP contribution in [0, 0.1) is 6.92 Å². The van der Waals surface area contributed by atoms with Gasteiger partial charge in [0.25, 0.3) is 11.5 Å². The van der Waals surface area contributed by atoms with E-state index in [-0.39, 0.29) is 33.9 Å². The maximum Gasteiger partial charge on any atom is 0.282 e. The normalized spacial score (nSPS) is 11.4. The average Bonchev–Trinajstić information content (AvgIpc) is 3.01. The van der Waals surface area contributed by atoms with Crippen molar-refractivity contribution in [3.8, 4) is 22.9 Å². The molecule has 0 unspecified atom stereocenters. The number of hydrogen-bond acceptors (Lipinski definition) is 6. The van der Waals surface area contributed by atoms with Gasteiger partial charge < -0.3 is 14.8 Å². The number of fused-ring (bicyclic) bond motifs is 1. The van der Waals surface area contributed by atoms with Gasteiger partial charge in [-0.2, -0.15) is 9.78 Å². The van der Waals surface area contributed by atoms with Crippen LogP contribution in [0.4, 0.5) is 5.69 Å². The molecular formula is C34H29Cl3N4O4. The Hall–Kier alpha value is -4.37. The molecular weight excluding hydrogens is 635 g/mol. The fourth-order valence-electron chi connectivity index (χ4n) is 4.76. The molecule has 1 heterocycles. The number of carbonyl (C=O) groups excluding carboxylic acids is 1. The summed E-state index contributed by atoms with van der Waals surface area (Å²) in [7, 11) is 1.64. The number of ether oxygens (including phenoxy) is 2. The molecule has 230 valence electrons. The van der Waals surface area contributed by atoms with Gasteiger partial charge in [0.15, 0.2) is 18.2 Å². The molecule has 5 aromatic rings. The van der Waals surface area contributed by atoms with Gasteiger partial charge >= 0.3 is 0 Å². The van der Waals surface area contributed by atoms with Gasteiger partial charge in [-0.1, -0.05) is 60.8 Å². The van der Waals surface area contributed by atoms with Gasteiger partial charge in [-0.05, 0) is 90.2 Å². The van der Waals surface area contributed by atoms with Crippen molar-refractivity contribution in [2.45, 2.75) is 26.7 Å². The van der Waals surface area contributed by atoms with Crippen molar-refractivity contribution in [3.63, 3.8) is 0 Å². The van der Waals surface area contributed by atoms with E-state index in [1.54, 1.807) is 61.7 Å². The zero-order chi connectivity index (χ0) is 32.2. The Bertz CT molecular complexity index is 1970. The number of carbonyl (C=O) groups is 1. The molecule has 0 aliphatic rings. The number of aryl methyl sites for hydroxylation is 1. The number of hydrogen-bond donors (Lipinski definition) is 1. The summed E-state index contributed by atoms with van der Waals surface area (Å²) in [4.78, 5) is 31.0. The molecule has 8 nitrogen and oxygen atoms in total. The number of methoxy groups -OCH3 is 1. The molecule has 11 heteroatoms. The molecule has 0 saturated carbocycles. The van der Waals surface area contributed by atoms with Crippen LogP contribution in [0.3, 0.4) is 0 Å². The van der Waals surface area contributed by atoms with Crippen molar-refractivity contribution in [2.75, 3.05) is 19.0 Å². The Labute approximate surface area is 275 Å². The van der Waals surface area contributed by atoms with Crippen LogP contribution in [0.1, 0.15) is 36.5 Å². The number of nitrogens with zero attached hydrogens (tertiary/aromatic N) is 3. The Morgan fingerprint density at radius 2 is 1.71 bits per heavy atom. The first kappa shape index (κ1) is 32.0. The minimum Gasteiger partial charge on any atom is -0.496 e. The van der Waals surface area contributed by atoms with E-state index < -0.39 is 5.91 Å². The SMILES string of the molecule is COc1cc(C)c(-c2nc3ccccc3c(=O)n2N=Cc2cc(Cl)c(OCC(=O)Nc3ccc(Cl)cc3)c(Cl)c2)cc1C(C)C. The van der Waals surface area contributed by atoms with Crippen LogP contribution in [0.5, 0.6) is 11.5 Å². The van der Waals surface area contributed by atoms with Crippen molar-refractivity contribution >= 4 is 63.5 Å². The van der Waals surface area contributed by atoms with Crippen LogP contribution < -0.4 is 20.3 Å². The van der Waals surface area contributed by atoms with E-state index in [1.165, 1.54) is 10.9 Å². The Morgan fingerprint density at radius 1 is 1.02 bits per heavy atom. The number of para-hydroxylation sites is 1. The van der Waals surface area contributed by atoms with Crippen LogP contribution in [-0.2, 0) is 4.79 Å². The second kappa shape index (κ2) is 13.7. The quantitative estimate of drug-likeness (QED) is 0.160. The van der Waals surface area contributed by atoms with Crippen molar-refractivity contribution in [1.29, 1.82) is 0 Å². The second-order valence-corrected chi connectivity index (χ2v) is 11.8. The number of nitrogens with one attached hydrogen (secondary N) is 1. The number of anilines is 1. The van der Waals surface area contributed by atoms with Gasteiger partial charge in [-0.15, -0.1) is 0 Å². The highest BCUT2D eigenvalue weighted by Crippen LogP contribution is 2.35. The Kier molecular flexibility index (Phi) is 9.77. The molecule has 0 bridgehead atoms. The first-order chi connectivity index (χ1) is 21.5. The predicted molar refractivity (Wildman–Crippen MR) is 182 cm³/mol. The topological polar surface area (TPSA) is 94.8 Å². The van der Waals surface area contributed by atoms with Gasteiger partial charge in [0.1, 0.15) is 5.75 Å². The summed E-state index contributed by atoms with van der Waals surface area (Å²) in [5.74, 6) is 1.04. The Morgan fingerprint density at radius 3 is 2.38 bits per heavy atom. The third kappa shape index (κ3) is 7.14. The van der Waals surface area contributed by atoms with Crippen LogP contribution in [-0.4, -0.2) is 35.5 Å². The third-order valence-electron chi connectivity index (χ3n) is 7.01. The van der Waals surface area contributed by atoms with Gasteiger partial charge in [0.05, 0.1) is 34.3 Å². The number of aromatic nitrogens is 2. The summed E-state index contributed by atoms with van der Waals surface area (Å²) in [6.07, 6.45) is 1.47. The molecule has 1 amide bonds. The standard InChI is InChI=1S/C34H29Cl3N4O4/c1-19(2)25-16-26(20(3)13-30(25)44-4)33-40-29-8-6-5-7-24(29)34(43)41(33)38-17-21-14-27(36)32(28(37)15-21)45-18-31(42)39-23-11-9-22(35)10-12-23/h5-17,19H,18H2,1-4H3,(H,39,42). The molecule has 4 aromatic carbocycles. The summed E-state index contributed by atoms with van der Waals surface area (Å²) in [6.45, 7) is 5.76. The molecule has 0 spiro atoms. The smallest absolute Gasteiger partial charge is 0.282 e. The van der Waals surface area contributed by atoms with E-state index in [9.17, 15) is 9.59 Å². The maximum atomic E-state index is 13.7. The molecule has 0 atom stereocenters. The fourth-order valence-corrected chi connectivity index (χ4v) is 5.50. The summed E-state index contributed by atoms with van der Waals surface area (Å²) in [5, 5.41) is 8.57. The van der Waals surface area contributed by atoms with Crippen molar-refractivity contribution < 1.29 is 14.3 Å². The van der Waals surface area contributed by atoms with Gasteiger partial charge in [0.2, 0.25) is 0 Å². The maximum absolute atomic E-state index is 13.7. The lowest BCUT2D eigenvalue weighted by Gasteiger charge is -2.17. The lowest BCUT2D eigenvalue weighted by Crippen LogP contribution is -2.21. The molecule has 45 heavy (non-hydrogen) atoms. The first-order valence-corrected chi connectivity index (χ1v) is 15.1. The highest BCUT2D eigenvalue weighted by molar-refractivity contribution is 6.37. The molecule has 1 aromatic heterocycles. The van der Waals surface area contributed by atoms with Gasteiger partial charge in [0, 0.05) is 16.3 Å². The van der Waals surface area contributed by atoms with E-state index in [2.05, 4.69) is 24.3 Å². The molecule has 0 saturated heterocycles. The van der Waals surface area contributed by atoms with Crippen molar-refractivity contribution in [2.24, 2.45) is 5.10 Å². The molecule has 0 radical (unpaired) electrons. The molecule has 0 fully saturated rings. The van der Waals surface area contributed by atoms with E-state index in [0.717, 1.165) is 22.4 Å². The summed E-state index contributed by atoms with van der Waals surface area (Å²) in [5.41, 5.74) is 3.89. The van der Waals surface area contributed by atoms with E-state index in [4.69, 9.17) is 49.3 Å². The van der Waals surface area contributed by atoms with Gasteiger partial charge in [-0.25, -0.2) is 4.98 Å². The third-order valence-corrected chi connectivity index (χ3v) is 7.83. The average molecular weight is 664 g/mol. The lowest BCUT2D eigenvalue weighted by atomic mass is 9.96. The summed E-state index contributed by atoms with van der Waals surface area (Å²) >= 11 is 18.9. The second-order valence-electron chi connectivity index (χ2n) is 10.5. The van der Waals surface area contributed by atoms with Gasteiger partial charge in [-0.3, -0.25) is 9.59 Å². The zero-order valence-electron chi connectivity index (χ0n) is 24.9. The Balaban J connectivity index is 1.48. The number of halogens is 3. The fraction of sp³-hybridized carbons (Fsp3) is 0.176. The molecule has 0 aliphatic carbocycles. The van der Waals surface area contributed by atoms with Crippen LogP contribution in [0.15, 0.2) is 82.7 Å². The van der Waals surface area contributed by atoms with Crippen molar-refractivity contribution in [1.82, 2.24) is 9.66 Å². The minimum absolute atomic E-state index is 0.141. The molecule has 0 aliphatic heterocycles. The van der Waals surface area contributed by atoms with Crippen LogP contribution in [0.2, 0.25) is 15.1 Å². The highest BCUT2D eigenvalue weighted by atomic mass is 35.5. The lowest BCUT2D eigenvalue weighted by molar-refractivity contribution is -0.118. The van der Waals surface area contributed by atoms with E-state index in [0.29, 0.717) is 33.0 Å². The number of rotatable bonds is 9. The largest absolute Gasteiger partial charge is 0.496 e. The minimum atomic E-state index is -0.403. The monoisotopic (exact) mass is 662 g/mol. The zero-order valence-corrected chi connectivity index (χ0v) is 27.2. The number of benzene rings is 4. The van der Waals surface area contributed by atoms with Crippen LogP contribution in [0.25, 0.3) is 22.3 Å². The summed E-state index contributed by atoms with van der Waals surface area (Å²) in [6, 6.07) is 20.9. The van der Waals surface area contributed by atoms with Crippen molar-refractivity contribution in [3.05, 3.63) is 115 Å². The predicted octanol–water partition coefficient (Wildman–Crippen LogP) is 8.36. The van der Waals surface area contributed by atoms with E-state index in [1.807, 2.05) is 25.1 Å². The van der Waals surface area contributed by atoms with Crippen LogP contribution >= 0.6 is 34.8 Å². The summed E-state index contributed by atoms with van der Waals surface area (Å²) < 4.78 is 12.5. The number of amides is 1.